The zero-order chi connectivity index (χ0) is 11.7. The lowest BCUT2D eigenvalue weighted by Crippen LogP contribution is -2.39. The van der Waals surface area contributed by atoms with Crippen LogP contribution in [-0.2, 0) is 0 Å². The first-order chi connectivity index (χ1) is 8.11. The molecule has 0 aromatic carbocycles. The van der Waals surface area contributed by atoms with Crippen molar-refractivity contribution >= 4 is 0 Å². The maximum absolute atomic E-state index is 10.2. The highest BCUT2D eigenvalue weighted by Gasteiger charge is 2.90. The molecule has 3 aliphatic carbocycles. The van der Waals surface area contributed by atoms with Crippen LogP contribution in [-0.4, -0.2) is 32.8 Å². The molecule has 17 heavy (non-hydrogen) atoms. The van der Waals surface area contributed by atoms with E-state index in [0.717, 1.165) is 25.7 Å². The predicted octanol–water partition coefficient (Wildman–Crippen LogP) is 0.660. The summed E-state index contributed by atoms with van der Waals surface area (Å²) >= 11 is 0. The van der Waals surface area contributed by atoms with E-state index in [-0.39, 0.29) is 23.4 Å². The lowest BCUT2D eigenvalue weighted by molar-refractivity contribution is -0.203. The molecule has 0 saturated heterocycles. The molecule has 3 N–H and O–H groups in total. The summed E-state index contributed by atoms with van der Waals surface area (Å²) in [6, 6.07) is 1.67. The van der Waals surface area contributed by atoms with Crippen LogP contribution in [0.3, 0.4) is 0 Å². The predicted molar refractivity (Wildman–Crippen MR) is 58.1 cm³/mol. The average Bonchev–Trinajstić information content (AvgIpc) is 3.24. The molecule has 0 radical (unpaired) electrons. The number of rotatable bonds is 4. The Bertz CT molecular complexity index is 428. The van der Waals surface area contributed by atoms with Crippen molar-refractivity contribution < 1.29 is 14.9 Å². The Hall–Kier alpha value is -1.07. The molecule has 0 atom stereocenters. The maximum Gasteiger partial charge on any atom is 0.209 e. The summed E-state index contributed by atoms with van der Waals surface area (Å²) in [7, 11) is 0. The molecule has 1 aromatic heterocycles. The molecule has 3 fully saturated rings. The summed E-state index contributed by atoms with van der Waals surface area (Å²) in [6.45, 7) is -0.0800. The van der Waals surface area contributed by atoms with Crippen molar-refractivity contribution in [2.75, 3.05) is 6.61 Å². The van der Waals surface area contributed by atoms with Gasteiger partial charge in [0.25, 0.3) is 0 Å². The van der Waals surface area contributed by atoms with Crippen molar-refractivity contribution in [3.05, 3.63) is 12.3 Å². The minimum Gasteiger partial charge on any atom is -0.472 e. The highest BCUT2D eigenvalue weighted by atomic mass is 16.6. The summed E-state index contributed by atoms with van der Waals surface area (Å²) in [5, 5.41) is 26.8. The van der Waals surface area contributed by atoms with Gasteiger partial charge < -0.3 is 14.9 Å². The third kappa shape index (κ3) is 1.13. The van der Waals surface area contributed by atoms with Gasteiger partial charge in [0.15, 0.2) is 0 Å². The van der Waals surface area contributed by atoms with Gasteiger partial charge in [-0.05, 0) is 36.5 Å². The molecule has 2 spiro atoms. The molecule has 4 rings (SSSR count). The number of hydrogen-bond donors (Lipinski definition) is 3. The van der Waals surface area contributed by atoms with Gasteiger partial charge in [0.05, 0.1) is 6.20 Å². The van der Waals surface area contributed by atoms with E-state index in [1.165, 1.54) is 0 Å². The number of aromatic amines is 1. The minimum absolute atomic E-state index is 0.0189. The monoisotopic (exact) mass is 236 g/mol. The van der Waals surface area contributed by atoms with Crippen LogP contribution in [0, 0.1) is 16.7 Å². The van der Waals surface area contributed by atoms with Crippen molar-refractivity contribution in [2.24, 2.45) is 16.7 Å². The van der Waals surface area contributed by atoms with Gasteiger partial charge >= 0.3 is 0 Å². The molecule has 1 aromatic rings. The zero-order valence-electron chi connectivity index (χ0n) is 9.52. The Morgan fingerprint density at radius 1 is 1.35 bits per heavy atom. The molecule has 0 amide bonds. The van der Waals surface area contributed by atoms with Crippen LogP contribution in [0.2, 0.25) is 0 Å². The average molecular weight is 236 g/mol. The Kier molecular flexibility index (Phi) is 1.56. The Morgan fingerprint density at radius 2 is 2.00 bits per heavy atom. The van der Waals surface area contributed by atoms with Gasteiger partial charge in [0.2, 0.25) is 11.7 Å². The van der Waals surface area contributed by atoms with E-state index in [9.17, 15) is 10.2 Å². The van der Waals surface area contributed by atoms with Crippen molar-refractivity contribution in [3.63, 3.8) is 0 Å². The molecule has 3 saturated carbocycles. The highest BCUT2D eigenvalue weighted by Crippen LogP contribution is 2.94. The standard InChI is InChI=1S/C12H16N2O3/c15-12(16,7-17-8-1-6-13-14-8)9-10(2-3-10)11(9)4-5-11/h1,6,9,15-16H,2-5,7H2,(H,13,14). The second kappa shape index (κ2) is 2.67. The van der Waals surface area contributed by atoms with Crippen LogP contribution >= 0.6 is 0 Å². The lowest BCUT2D eigenvalue weighted by Gasteiger charge is -2.22. The van der Waals surface area contributed by atoms with Gasteiger partial charge in [-0.25, -0.2) is 5.10 Å². The summed E-state index contributed by atoms with van der Waals surface area (Å²) < 4.78 is 5.34. The summed E-state index contributed by atoms with van der Waals surface area (Å²) in [4.78, 5) is 0. The maximum atomic E-state index is 10.2. The van der Waals surface area contributed by atoms with Gasteiger partial charge in [-0.1, -0.05) is 0 Å². The SMILES string of the molecule is OC(O)(COc1ccn[nH]1)C1C2(CC2)C12CC2. The Balaban J connectivity index is 1.46. The molecular weight excluding hydrogens is 220 g/mol. The number of fused-ring (bicyclic) bond motifs is 1. The fourth-order valence-corrected chi connectivity index (χ4v) is 4.06. The van der Waals surface area contributed by atoms with Crippen LogP contribution in [0.15, 0.2) is 12.3 Å². The second-order valence-corrected chi connectivity index (χ2v) is 5.83. The number of nitrogens with zero attached hydrogens (tertiary/aromatic N) is 1. The van der Waals surface area contributed by atoms with Gasteiger partial charge in [-0.3, -0.25) is 0 Å². The van der Waals surface area contributed by atoms with E-state index >= 15 is 0 Å². The van der Waals surface area contributed by atoms with Crippen LogP contribution in [0.4, 0.5) is 0 Å². The number of ether oxygens (including phenoxy) is 1. The van der Waals surface area contributed by atoms with Crippen LogP contribution in [0.25, 0.3) is 0 Å². The molecule has 0 aliphatic heterocycles. The van der Waals surface area contributed by atoms with Crippen molar-refractivity contribution in [1.82, 2.24) is 10.2 Å². The Labute approximate surface area is 98.8 Å². The lowest BCUT2D eigenvalue weighted by atomic mass is 10.1. The second-order valence-electron chi connectivity index (χ2n) is 5.83. The van der Waals surface area contributed by atoms with Gasteiger partial charge in [-0.2, -0.15) is 5.10 Å². The summed E-state index contributed by atoms with van der Waals surface area (Å²) in [5.74, 6) is -1.20. The number of aromatic nitrogens is 2. The van der Waals surface area contributed by atoms with E-state index in [1.807, 2.05) is 0 Å². The molecule has 0 bridgehead atoms. The number of hydrogen-bond acceptors (Lipinski definition) is 4. The van der Waals surface area contributed by atoms with Crippen LogP contribution in [0.1, 0.15) is 25.7 Å². The molecule has 5 heteroatoms. The molecule has 1 heterocycles. The van der Waals surface area contributed by atoms with Gasteiger partial charge in [0, 0.05) is 12.0 Å². The van der Waals surface area contributed by atoms with Gasteiger partial charge in [-0.15, -0.1) is 0 Å². The van der Waals surface area contributed by atoms with E-state index < -0.39 is 5.79 Å². The minimum atomic E-state index is -1.70. The summed E-state index contributed by atoms with van der Waals surface area (Å²) in [6.07, 6.45) is 6.21. The zero-order valence-corrected chi connectivity index (χ0v) is 9.52. The normalized spacial score (nSPS) is 27.4. The fourth-order valence-electron chi connectivity index (χ4n) is 4.06. The van der Waals surface area contributed by atoms with Crippen molar-refractivity contribution in [2.45, 2.75) is 31.5 Å². The van der Waals surface area contributed by atoms with Crippen molar-refractivity contribution in [3.8, 4) is 5.88 Å². The van der Waals surface area contributed by atoms with Crippen LogP contribution in [0.5, 0.6) is 5.88 Å². The smallest absolute Gasteiger partial charge is 0.209 e. The number of nitrogens with one attached hydrogen (secondary N) is 1. The van der Waals surface area contributed by atoms with E-state index in [2.05, 4.69) is 10.2 Å². The van der Waals surface area contributed by atoms with E-state index in [1.54, 1.807) is 12.3 Å². The topological polar surface area (TPSA) is 78.4 Å². The largest absolute Gasteiger partial charge is 0.472 e. The summed E-state index contributed by atoms with van der Waals surface area (Å²) in [5.41, 5.74) is 0.516. The molecule has 92 valence electrons. The van der Waals surface area contributed by atoms with E-state index in [0.29, 0.717) is 5.88 Å². The number of H-pyrrole nitrogens is 1. The molecule has 0 unspecified atom stereocenters. The molecular formula is C12H16N2O3. The van der Waals surface area contributed by atoms with E-state index in [4.69, 9.17) is 4.74 Å². The van der Waals surface area contributed by atoms with Crippen LogP contribution < -0.4 is 4.74 Å². The number of aliphatic hydroxyl groups is 2. The first-order valence-corrected chi connectivity index (χ1v) is 6.18. The quantitative estimate of drug-likeness (QED) is 0.671. The molecule has 5 nitrogen and oxygen atoms in total. The Morgan fingerprint density at radius 3 is 2.47 bits per heavy atom. The van der Waals surface area contributed by atoms with Gasteiger partial charge in [0.1, 0.15) is 6.61 Å². The third-order valence-electron chi connectivity index (χ3n) is 4.97. The highest BCUT2D eigenvalue weighted by molar-refractivity contribution is 5.36. The first-order valence-electron chi connectivity index (χ1n) is 6.18. The van der Waals surface area contributed by atoms with Crippen molar-refractivity contribution in [1.29, 1.82) is 0 Å². The third-order valence-corrected chi connectivity index (χ3v) is 4.97. The fraction of sp³-hybridized carbons (Fsp3) is 0.750. The molecule has 3 aliphatic rings. The first kappa shape index (κ1) is 9.91.